The normalized spacial score (nSPS) is 17.9. The maximum atomic E-state index is 11.9. The number of aryl methyl sites for hydroxylation is 1. The molecule has 0 atom stereocenters. The number of Topliss-reactive ketones (excluding diaryl/α,β-unsaturated/α-hetero) is 1. The van der Waals surface area contributed by atoms with E-state index in [1.165, 1.54) is 0 Å². The standard InChI is InChI=1S/C12H10O4/c13-10-8-4-2-1-3-7(8)5-6-9(10)11(14)12(15)16/h1-4,14H,5-6H2,(H,15,16). The van der Waals surface area contributed by atoms with Crippen molar-refractivity contribution in [3.8, 4) is 0 Å². The summed E-state index contributed by atoms with van der Waals surface area (Å²) < 4.78 is 0. The van der Waals surface area contributed by atoms with Crippen LogP contribution in [0.3, 0.4) is 0 Å². The number of aliphatic hydroxyl groups is 1. The first-order valence-corrected chi connectivity index (χ1v) is 4.89. The highest BCUT2D eigenvalue weighted by Crippen LogP contribution is 2.26. The zero-order chi connectivity index (χ0) is 11.7. The molecule has 0 aromatic heterocycles. The highest BCUT2D eigenvalue weighted by atomic mass is 16.4. The van der Waals surface area contributed by atoms with Crippen molar-refractivity contribution in [3.63, 3.8) is 0 Å². The number of ketones is 1. The first-order valence-electron chi connectivity index (χ1n) is 4.89. The number of carboxylic acid groups (broad SMARTS) is 1. The number of carbonyl (C=O) groups is 2. The maximum absolute atomic E-state index is 11.9. The van der Waals surface area contributed by atoms with Crippen LogP contribution in [0.4, 0.5) is 0 Å². The van der Waals surface area contributed by atoms with E-state index < -0.39 is 11.7 Å². The van der Waals surface area contributed by atoms with Gasteiger partial charge in [0.2, 0.25) is 5.76 Å². The maximum Gasteiger partial charge on any atom is 0.371 e. The lowest BCUT2D eigenvalue weighted by Crippen LogP contribution is -2.18. The Morgan fingerprint density at radius 3 is 2.50 bits per heavy atom. The number of fused-ring (bicyclic) bond motifs is 1. The SMILES string of the molecule is O=C(O)C(O)=C1CCc2ccccc2C1=O. The molecule has 1 aliphatic carbocycles. The Hall–Kier alpha value is -2.10. The molecule has 82 valence electrons. The van der Waals surface area contributed by atoms with Gasteiger partial charge >= 0.3 is 5.97 Å². The largest absolute Gasteiger partial charge is 0.502 e. The molecule has 0 fully saturated rings. The van der Waals surface area contributed by atoms with Crippen LogP contribution in [0.25, 0.3) is 0 Å². The number of aliphatic carboxylic acids is 1. The topological polar surface area (TPSA) is 74.6 Å². The second kappa shape index (κ2) is 3.81. The molecule has 0 spiro atoms. The minimum Gasteiger partial charge on any atom is -0.502 e. The summed E-state index contributed by atoms with van der Waals surface area (Å²) in [5.74, 6) is -2.68. The summed E-state index contributed by atoms with van der Waals surface area (Å²) in [5, 5.41) is 17.9. The third-order valence-electron chi connectivity index (χ3n) is 2.67. The summed E-state index contributed by atoms with van der Waals surface area (Å²) in [6.45, 7) is 0. The van der Waals surface area contributed by atoms with Crippen LogP contribution in [0.2, 0.25) is 0 Å². The van der Waals surface area contributed by atoms with Crippen molar-refractivity contribution in [2.75, 3.05) is 0 Å². The average molecular weight is 218 g/mol. The van der Waals surface area contributed by atoms with Crippen molar-refractivity contribution < 1.29 is 19.8 Å². The highest BCUT2D eigenvalue weighted by molar-refractivity contribution is 6.13. The van der Waals surface area contributed by atoms with Crippen molar-refractivity contribution in [2.45, 2.75) is 12.8 Å². The molecule has 0 amide bonds. The fraction of sp³-hybridized carbons (Fsp3) is 0.167. The number of aliphatic hydroxyl groups excluding tert-OH is 1. The van der Waals surface area contributed by atoms with E-state index in [0.717, 1.165) is 5.56 Å². The molecule has 2 rings (SSSR count). The van der Waals surface area contributed by atoms with E-state index in [1.807, 2.05) is 12.1 Å². The van der Waals surface area contributed by atoms with Gasteiger partial charge in [-0.1, -0.05) is 24.3 Å². The van der Waals surface area contributed by atoms with E-state index in [2.05, 4.69) is 0 Å². The van der Waals surface area contributed by atoms with Crippen LogP contribution in [0.15, 0.2) is 35.6 Å². The van der Waals surface area contributed by atoms with Gasteiger partial charge < -0.3 is 10.2 Å². The van der Waals surface area contributed by atoms with Gasteiger partial charge in [-0.05, 0) is 18.4 Å². The Labute approximate surface area is 91.8 Å². The van der Waals surface area contributed by atoms with Crippen LogP contribution in [-0.4, -0.2) is 22.0 Å². The molecule has 2 N–H and O–H groups in total. The summed E-state index contributed by atoms with van der Waals surface area (Å²) >= 11 is 0. The molecule has 0 saturated heterocycles. The first kappa shape index (κ1) is 10.4. The van der Waals surface area contributed by atoms with Crippen LogP contribution in [0.1, 0.15) is 22.3 Å². The van der Waals surface area contributed by atoms with E-state index in [0.29, 0.717) is 12.0 Å². The number of rotatable bonds is 1. The molecule has 0 heterocycles. The molecule has 0 aliphatic heterocycles. The van der Waals surface area contributed by atoms with E-state index in [9.17, 15) is 14.7 Å². The van der Waals surface area contributed by atoms with Gasteiger partial charge in [0.25, 0.3) is 0 Å². The fourth-order valence-electron chi connectivity index (χ4n) is 1.85. The lowest BCUT2D eigenvalue weighted by Gasteiger charge is -2.17. The summed E-state index contributed by atoms with van der Waals surface area (Å²) in [6.07, 6.45) is 0.850. The third kappa shape index (κ3) is 1.58. The zero-order valence-electron chi connectivity index (χ0n) is 8.43. The first-order chi connectivity index (χ1) is 7.61. The minimum atomic E-state index is -1.46. The minimum absolute atomic E-state index is 0.00815. The van der Waals surface area contributed by atoms with Crippen molar-refractivity contribution in [1.82, 2.24) is 0 Å². The molecule has 0 bridgehead atoms. The summed E-state index contributed by atoms with van der Waals surface area (Å²) in [5.41, 5.74) is 1.37. The number of hydrogen-bond acceptors (Lipinski definition) is 3. The van der Waals surface area contributed by atoms with Gasteiger partial charge in [0, 0.05) is 11.1 Å². The lowest BCUT2D eigenvalue weighted by atomic mass is 9.86. The van der Waals surface area contributed by atoms with Crippen LogP contribution in [0, 0.1) is 0 Å². The molecular formula is C12H10O4. The third-order valence-corrected chi connectivity index (χ3v) is 2.67. The van der Waals surface area contributed by atoms with Gasteiger partial charge in [0.05, 0.1) is 0 Å². The number of carbonyl (C=O) groups excluding carboxylic acids is 1. The van der Waals surface area contributed by atoms with E-state index >= 15 is 0 Å². The van der Waals surface area contributed by atoms with Gasteiger partial charge in [0.15, 0.2) is 5.78 Å². The van der Waals surface area contributed by atoms with Crippen molar-refractivity contribution in [3.05, 3.63) is 46.7 Å². The molecule has 1 aromatic rings. The quantitative estimate of drug-likeness (QED) is 0.555. The molecule has 4 heteroatoms. The molecule has 1 aromatic carbocycles. The van der Waals surface area contributed by atoms with E-state index in [4.69, 9.17) is 5.11 Å². The zero-order valence-corrected chi connectivity index (χ0v) is 8.43. The molecular weight excluding hydrogens is 208 g/mol. The molecule has 1 aliphatic rings. The molecule has 0 saturated carbocycles. The lowest BCUT2D eigenvalue weighted by molar-refractivity contribution is -0.135. The van der Waals surface area contributed by atoms with Gasteiger partial charge in [-0.15, -0.1) is 0 Å². The summed E-state index contributed by atoms with van der Waals surface area (Å²) in [4.78, 5) is 22.5. The Morgan fingerprint density at radius 2 is 1.81 bits per heavy atom. The van der Waals surface area contributed by atoms with E-state index in [1.54, 1.807) is 12.1 Å². The van der Waals surface area contributed by atoms with Crippen LogP contribution in [-0.2, 0) is 11.2 Å². The van der Waals surface area contributed by atoms with E-state index in [-0.39, 0.29) is 17.8 Å². The van der Waals surface area contributed by atoms with Crippen molar-refractivity contribution in [2.24, 2.45) is 0 Å². The van der Waals surface area contributed by atoms with Crippen LogP contribution < -0.4 is 0 Å². The van der Waals surface area contributed by atoms with Gasteiger partial charge in [0.1, 0.15) is 0 Å². The number of carboxylic acids is 1. The van der Waals surface area contributed by atoms with Crippen molar-refractivity contribution in [1.29, 1.82) is 0 Å². The second-order valence-electron chi connectivity index (χ2n) is 3.62. The smallest absolute Gasteiger partial charge is 0.371 e. The van der Waals surface area contributed by atoms with Crippen molar-refractivity contribution >= 4 is 11.8 Å². The molecule has 0 unspecified atom stereocenters. The molecule has 4 nitrogen and oxygen atoms in total. The Morgan fingerprint density at radius 1 is 1.12 bits per heavy atom. The Bertz CT molecular complexity index is 499. The predicted molar refractivity (Wildman–Crippen MR) is 56.4 cm³/mol. The van der Waals surface area contributed by atoms with Gasteiger partial charge in [-0.2, -0.15) is 0 Å². The van der Waals surface area contributed by atoms with Gasteiger partial charge in [-0.25, -0.2) is 4.79 Å². The summed E-state index contributed by atoms with van der Waals surface area (Å²) in [6, 6.07) is 7.03. The average Bonchev–Trinajstić information content (AvgIpc) is 2.29. The number of benzene rings is 1. The van der Waals surface area contributed by atoms with Crippen LogP contribution >= 0.6 is 0 Å². The predicted octanol–water partition coefficient (Wildman–Crippen LogP) is 1.71. The van der Waals surface area contributed by atoms with Crippen LogP contribution in [0.5, 0.6) is 0 Å². The monoisotopic (exact) mass is 218 g/mol. The second-order valence-corrected chi connectivity index (χ2v) is 3.62. The number of hydrogen-bond donors (Lipinski definition) is 2. The fourth-order valence-corrected chi connectivity index (χ4v) is 1.85. The van der Waals surface area contributed by atoms with Gasteiger partial charge in [-0.3, -0.25) is 4.79 Å². The summed E-state index contributed by atoms with van der Waals surface area (Å²) in [7, 11) is 0. The molecule has 0 radical (unpaired) electrons. The number of allylic oxidation sites excluding steroid dienone is 1. The highest BCUT2D eigenvalue weighted by Gasteiger charge is 2.26. The Balaban J connectivity index is 2.50. The Kier molecular flexibility index (Phi) is 2.48. The molecule has 16 heavy (non-hydrogen) atoms.